The monoisotopic (exact) mass is 283 g/mol. The summed E-state index contributed by atoms with van der Waals surface area (Å²) in [5, 5.41) is 0.569. The lowest BCUT2D eigenvalue weighted by atomic mass is 10.3. The van der Waals surface area contributed by atoms with E-state index in [1.54, 1.807) is 29.9 Å². The second-order valence-corrected chi connectivity index (χ2v) is 4.34. The number of carbonyl (C=O) groups is 1. The van der Waals surface area contributed by atoms with E-state index in [-0.39, 0.29) is 19.1 Å². The average Bonchev–Trinajstić information content (AvgIpc) is 2.65. The highest BCUT2D eigenvalue weighted by Crippen LogP contribution is 2.21. The maximum Gasteiger partial charge on any atom is 0.326 e. The summed E-state index contributed by atoms with van der Waals surface area (Å²) in [4.78, 5) is 15.8. The van der Waals surface area contributed by atoms with Crippen molar-refractivity contribution < 1.29 is 14.3 Å². The molecule has 2 N–H and O–H groups in total. The van der Waals surface area contributed by atoms with Crippen molar-refractivity contribution in [3.8, 4) is 0 Å². The van der Waals surface area contributed by atoms with Crippen molar-refractivity contribution in [2.24, 2.45) is 0 Å². The maximum absolute atomic E-state index is 11.6. The fourth-order valence-electron chi connectivity index (χ4n) is 1.70. The van der Waals surface area contributed by atoms with Crippen LogP contribution in [0.1, 0.15) is 0 Å². The predicted molar refractivity (Wildman–Crippen MR) is 72.0 cm³/mol. The average molecular weight is 284 g/mol. The van der Waals surface area contributed by atoms with Gasteiger partial charge in [0.2, 0.25) is 5.95 Å². The molecule has 102 valence electrons. The van der Waals surface area contributed by atoms with Gasteiger partial charge in [-0.3, -0.25) is 9.36 Å². The summed E-state index contributed by atoms with van der Waals surface area (Å²) in [6, 6.07) is 5.18. The van der Waals surface area contributed by atoms with Gasteiger partial charge in [0.1, 0.15) is 13.2 Å². The number of carbonyl (C=O) groups excluding carboxylic acids is 1. The van der Waals surface area contributed by atoms with Crippen LogP contribution in [-0.2, 0) is 20.8 Å². The molecule has 19 heavy (non-hydrogen) atoms. The second kappa shape index (κ2) is 5.90. The molecule has 1 aromatic carbocycles. The first-order chi connectivity index (χ1) is 9.11. The Hall–Kier alpha value is -1.79. The normalized spacial score (nSPS) is 10.8. The van der Waals surface area contributed by atoms with Crippen molar-refractivity contribution >= 4 is 34.6 Å². The van der Waals surface area contributed by atoms with E-state index < -0.39 is 5.97 Å². The smallest absolute Gasteiger partial charge is 0.326 e. The van der Waals surface area contributed by atoms with Gasteiger partial charge in [0.05, 0.1) is 17.6 Å². The Morgan fingerprint density at radius 2 is 2.26 bits per heavy atom. The minimum Gasteiger partial charge on any atom is -0.462 e. The van der Waals surface area contributed by atoms with E-state index in [0.717, 1.165) is 5.52 Å². The number of halogens is 1. The topological polar surface area (TPSA) is 79.4 Å². The Bertz CT molecular complexity index is 597. The number of anilines is 1. The SMILES string of the molecule is COCCOC(=O)Cn1c(N)nc2cc(Cl)ccc21. The molecule has 0 saturated carbocycles. The first kappa shape index (κ1) is 13.6. The van der Waals surface area contributed by atoms with E-state index in [4.69, 9.17) is 26.8 Å². The molecule has 0 fully saturated rings. The lowest BCUT2D eigenvalue weighted by Crippen LogP contribution is -2.17. The molecule has 0 saturated heterocycles. The van der Waals surface area contributed by atoms with E-state index in [0.29, 0.717) is 17.1 Å². The zero-order valence-electron chi connectivity index (χ0n) is 10.4. The highest BCUT2D eigenvalue weighted by molar-refractivity contribution is 6.31. The molecule has 6 nitrogen and oxygen atoms in total. The number of aromatic nitrogens is 2. The number of rotatable bonds is 5. The molecule has 0 radical (unpaired) electrons. The summed E-state index contributed by atoms with van der Waals surface area (Å²) in [6.45, 7) is 0.586. The quantitative estimate of drug-likeness (QED) is 0.664. The third kappa shape index (κ3) is 3.15. The number of benzene rings is 1. The zero-order valence-corrected chi connectivity index (χ0v) is 11.2. The molecule has 0 aliphatic carbocycles. The summed E-state index contributed by atoms with van der Waals surface area (Å²) in [7, 11) is 1.54. The Morgan fingerprint density at radius 1 is 1.47 bits per heavy atom. The van der Waals surface area contributed by atoms with Gasteiger partial charge in [-0.05, 0) is 18.2 Å². The molecule has 0 aliphatic heterocycles. The summed E-state index contributed by atoms with van der Waals surface area (Å²) in [5.41, 5.74) is 7.17. The fraction of sp³-hybridized carbons (Fsp3) is 0.333. The molecule has 2 rings (SSSR count). The number of fused-ring (bicyclic) bond motifs is 1. The standard InChI is InChI=1S/C12H14ClN3O3/c1-18-4-5-19-11(17)7-16-10-3-2-8(13)6-9(10)15-12(16)14/h2-3,6H,4-5,7H2,1H3,(H2,14,15). The minimum atomic E-state index is -0.391. The van der Waals surface area contributed by atoms with Crippen LogP contribution < -0.4 is 5.73 Å². The molecule has 2 aromatic rings. The minimum absolute atomic E-state index is 0.00762. The fourth-order valence-corrected chi connectivity index (χ4v) is 1.87. The van der Waals surface area contributed by atoms with Crippen molar-refractivity contribution in [1.29, 1.82) is 0 Å². The Labute approximate surface area is 115 Å². The number of esters is 1. The van der Waals surface area contributed by atoms with E-state index in [9.17, 15) is 4.79 Å². The summed E-state index contributed by atoms with van der Waals surface area (Å²) in [6.07, 6.45) is 0. The van der Waals surface area contributed by atoms with E-state index >= 15 is 0 Å². The van der Waals surface area contributed by atoms with Gasteiger partial charge in [-0.15, -0.1) is 0 Å². The molecule has 0 amide bonds. The van der Waals surface area contributed by atoms with Gasteiger partial charge < -0.3 is 15.2 Å². The number of nitrogens with zero attached hydrogens (tertiary/aromatic N) is 2. The molecule has 0 aliphatic rings. The third-order valence-corrected chi connectivity index (χ3v) is 2.81. The van der Waals surface area contributed by atoms with Crippen LogP contribution in [0.2, 0.25) is 5.02 Å². The largest absolute Gasteiger partial charge is 0.462 e. The molecule has 0 bridgehead atoms. The van der Waals surface area contributed by atoms with Gasteiger partial charge in [-0.2, -0.15) is 0 Å². The van der Waals surface area contributed by atoms with Crippen molar-refractivity contribution in [2.75, 3.05) is 26.1 Å². The number of hydrogen-bond donors (Lipinski definition) is 1. The molecule has 7 heteroatoms. The second-order valence-electron chi connectivity index (χ2n) is 3.90. The van der Waals surface area contributed by atoms with Crippen molar-refractivity contribution in [3.63, 3.8) is 0 Å². The maximum atomic E-state index is 11.6. The lowest BCUT2D eigenvalue weighted by molar-refractivity contribution is -0.145. The number of nitrogens with two attached hydrogens (primary N) is 1. The summed E-state index contributed by atoms with van der Waals surface area (Å²) >= 11 is 5.87. The molecule has 0 spiro atoms. The Morgan fingerprint density at radius 3 is 3.00 bits per heavy atom. The van der Waals surface area contributed by atoms with Crippen molar-refractivity contribution in [3.05, 3.63) is 23.2 Å². The first-order valence-electron chi connectivity index (χ1n) is 5.67. The van der Waals surface area contributed by atoms with Gasteiger partial charge in [0.15, 0.2) is 0 Å². The number of methoxy groups -OCH3 is 1. The third-order valence-electron chi connectivity index (χ3n) is 2.58. The van der Waals surface area contributed by atoms with Gasteiger partial charge >= 0.3 is 5.97 Å². The molecule has 1 heterocycles. The molecule has 0 unspecified atom stereocenters. The van der Waals surface area contributed by atoms with Crippen molar-refractivity contribution in [2.45, 2.75) is 6.54 Å². The van der Waals surface area contributed by atoms with Crippen LogP contribution in [0.5, 0.6) is 0 Å². The van der Waals surface area contributed by atoms with Gasteiger partial charge in [0.25, 0.3) is 0 Å². The highest BCUT2D eigenvalue weighted by Gasteiger charge is 2.12. The van der Waals surface area contributed by atoms with E-state index in [2.05, 4.69) is 4.98 Å². The van der Waals surface area contributed by atoms with Crippen LogP contribution in [0.15, 0.2) is 18.2 Å². The van der Waals surface area contributed by atoms with Crippen LogP contribution in [0.3, 0.4) is 0 Å². The number of hydrogen-bond acceptors (Lipinski definition) is 5. The van der Waals surface area contributed by atoms with Gasteiger partial charge in [-0.25, -0.2) is 4.98 Å². The molecular weight excluding hydrogens is 270 g/mol. The Kier molecular flexibility index (Phi) is 4.24. The lowest BCUT2D eigenvalue weighted by Gasteiger charge is -2.07. The zero-order chi connectivity index (χ0) is 13.8. The van der Waals surface area contributed by atoms with Gasteiger partial charge in [-0.1, -0.05) is 11.6 Å². The molecular formula is C12H14ClN3O3. The van der Waals surface area contributed by atoms with Crippen molar-refractivity contribution in [1.82, 2.24) is 9.55 Å². The summed E-state index contributed by atoms with van der Waals surface area (Å²) in [5.74, 6) is -0.140. The van der Waals surface area contributed by atoms with Gasteiger partial charge in [0, 0.05) is 12.1 Å². The Balaban J connectivity index is 2.16. The van der Waals surface area contributed by atoms with Crippen LogP contribution >= 0.6 is 11.6 Å². The number of ether oxygens (including phenoxy) is 2. The van der Waals surface area contributed by atoms with E-state index in [1.165, 1.54) is 0 Å². The molecule has 0 atom stereocenters. The predicted octanol–water partition coefficient (Wildman–Crippen LogP) is 1.46. The highest BCUT2D eigenvalue weighted by atomic mass is 35.5. The van der Waals surface area contributed by atoms with Crippen LogP contribution in [0.25, 0.3) is 11.0 Å². The van der Waals surface area contributed by atoms with E-state index in [1.807, 2.05) is 0 Å². The summed E-state index contributed by atoms with van der Waals surface area (Å²) < 4.78 is 11.4. The number of nitrogen functional groups attached to an aromatic ring is 1. The number of imidazole rings is 1. The van der Waals surface area contributed by atoms with Crippen LogP contribution in [-0.4, -0.2) is 35.8 Å². The van der Waals surface area contributed by atoms with Crippen LogP contribution in [0.4, 0.5) is 5.95 Å². The molecule has 1 aromatic heterocycles. The van der Waals surface area contributed by atoms with Crippen LogP contribution in [0, 0.1) is 0 Å². The first-order valence-corrected chi connectivity index (χ1v) is 6.05.